The van der Waals surface area contributed by atoms with Crippen LogP contribution in [0.2, 0.25) is 0 Å². The lowest BCUT2D eigenvalue weighted by atomic mass is 10.1. The average molecular weight is 381 g/mol. The van der Waals surface area contributed by atoms with Gasteiger partial charge in [0.25, 0.3) is 5.91 Å². The molecule has 0 bridgehead atoms. The van der Waals surface area contributed by atoms with Gasteiger partial charge in [0.2, 0.25) is 5.88 Å². The van der Waals surface area contributed by atoms with Gasteiger partial charge < -0.3 is 15.4 Å². The van der Waals surface area contributed by atoms with Crippen LogP contribution >= 0.6 is 11.3 Å². The number of fused-ring (bicyclic) bond motifs is 1. The zero-order valence-electron chi connectivity index (χ0n) is 15.2. The number of pyridine rings is 1. The van der Waals surface area contributed by atoms with Crippen LogP contribution < -0.4 is 15.4 Å². The molecule has 0 aliphatic carbocycles. The van der Waals surface area contributed by atoms with Crippen LogP contribution in [0.15, 0.2) is 54.3 Å². The van der Waals surface area contributed by atoms with E-state index in [-0.39, 0.29) is 11.9 Å². The van der Waals surface area contributed by atoms with E-state index in [0.717, 1.165) is 26.5 Å². The molecule has 1 atom stereocenters. The standard InChI is InChI=1S/C19H19N5O2S/c1-11-7-15(12(2)21-8-11)23-17(25)14-9-22-24-10-16(27-19(14)24)13-5-4-6-20-18(13)26-3/h4-10,12,21H,1-3H3,(H,23,25). The highest BCUT2D eigenvalue weighted by molar-refractivity contribution is 7.21. The van der Waals surface area contributed by atoms with Crippen molar-refractivity contribution < 1.29 is 9.53 Å². The summed E-state index contributed by atoms with van der Waals surface area (Å²) in [4.78, 5) is 18.8. The first-order valence-electron chi connectivity index (χ1n) is 8.49. The lowest BCUT2D eigenvalue weighted by molar-refractivity contribution is 0.0965. The Morgan fingerprint density at radius 1 is 1.44 bits per heavy atom. The third-order valence-corrected chi connectivity index (χ3v) is 5.48. The molecule has 0 fully saturated rings. The van der Waals surface area contributed by atoms with Crippen molar-refractivity contribution in [1.82, 2.24) is 25.2 Å². The van der Waals surface area contributed by atoms with Crippen LogP contribution in [-0.4, -0.2) is 33.7 Å². The molecule has 7 nitrogen and oxygen atoms in total. The maximum absolute atomic E-state index is 12.8. The lowest BCUT2D eigenvalue weighted by Crippen LogP contribution is -2.36. The number of carbonyl (C=O) groups excluding carboxylic acids is 1. The molecule has 4 rings (SSSR count). The third-order valence-electron chi connectivity index (χ3n) is 4.34. The number of dihydropyridines is 1. The minimum Gasteiger partial charge on any atom is -0.481 e. The molecule has 0 saturated heterocycles. The van der Waals surface area contributed by atoms with E-state index < -0.39 is 0 Å². The van der Waals surface area contributed by atoms with E-state index in [2.05, 4.69) is 20.7 Å². The van der Waals surface area contributed by atoms with E-state index in [1.807, 2.05) is 44.5 Å². The molecule has 1 unspecified atom stereocenters. The van der Waals surface area contributed by atoms with Gasteiger partial charge in [0.1, 0.15) is 4.83 Å². The van der Waals surface area contributed by atoms with Crippen molar-refractivity contribution in [2.75, 3.05) is 7.11 Å². The predicted molar refractivity (Wildman–Crippen MR) is 105 cm³/mol. The quantitative estimate of drug-likeness (QED) is 0.726. The van der Waals surface area contributed by atoms with E-state index in [4.69, 9.17) is 4.74 Å². The summed E-state index contributed by atoms with van der Waals surface area (Å²) in [5, 5.41) is 10.6. The fraction of sp³-hybridized carbons (Fsp3) is 0.211. The van der Waals surface area contributed by atoms with Crippen LogP contribution in [0.1, 0.15) is 24.2 Å². The SMILES string of the molecule is COc1ncccc1-c1cn2ncc(C(=O)NC3=CC(C)=CNC3C)c2s1. The number of nitrogens with one attached hydrogen (secondary N) is 2. The molecule has 0 radical (unpaired) electrons. The van der Waals surface area contributed by atoms with E-state index in [0.29, 0.717) is 11.4 Å². The van der Waals surface area contributed by atoms with Crippen molar-refractivity contribution in [2.24, 2.45) is 0 Å². The Kier molecular flexibility index (Phi) is 4.41. The number of rotatable bonds is 4. The zero-order chi connectivity index (χ0) is 19.0. The first kappa shape index (κ1) is 17.3. The second-order valence-corrected chi connectivity index (χ2v) is 7.32. The first-order chi connectivity index (χ1) is 13.1. The fourth-order valence-electron chi connectivity index (χ4n) is 2.91. The molecule has 3 aromatic heterocycles. The molecular formula is C19H19N5O2S. The van der Waals surface area contributed by atoms with Gasteiger partial charge in [0, 0.05) is 18.1 Å². The van der Waals surface area contributed by atoms with Crippen LogP contribution in [0.3, 0.4) is 0 Å². The van der Waals surface area contributed by atoms with E-state index in [1.165, 1.54) is 11.3 Å². The highest BCUT2D eigenvalue weighted by Crippen LogP contribution is 2.34. The number of methoxy groups -OCH3 is 1. The summed E-state index contributed by atoms with van der Waals surface area (Å²) in [5.41, 5.74) is 3.31. The zero-order valence-corrected chi connectivity index (χ0v) is 16.0. The van der Waals surface area contributed by atoms with Gasteiger partial charge in [-0.2, -0.15) is 5.10 Å². The maximum atomic E-state index is 12.8. The third kappa shape index (κ3) is 3.19. The number of hydrogen-bond acceptors (Lipinski definition) is 6. The minimum atomic E-state index is -0.175. The van der Waals surface area contributed by atoms with Gasteiger partial charge in [-0.15, -0.1) is 11.3 Å². The van der Waals surface area contributed by atoms with Gasteiger partial charge in [-0.05, 0) is 43.8 Å². The van der Waals surface area contributed by atoms with Gasteiger partial charge in [-0.3, -0.25) is 4.79 Å². The summed E-state index contributed by atoms with van der Waals surface area (Å²) < 4.78 is 7.05. The minimum absolute atomic E-state index is 0.0438. The summed E-state index contributed by atoms with van der Waals surface area (Å²) in [5.74, 6) is 0.369. The molecule has 4 heterocycles. The van der Waals surface area contributed by atoms with E-state index in [1.54, 1.807) is 24.0 Å². The molecule has 8 heteroatoms. The van der Waals surface area contributed by atoms with Crippen molar-refractivity contribution >= 4 is 22.1 Å². The van der Waals surface area contributed by atoms with Crippen molar-refractivity contribution in [3.8, 4) is 16.3 Å². The summed E-state index contributed by atoms with van der Waals surface area (Å²) >= 11 is 1.48. The Hall–Kier alpha value is -3.13. The van der Waals surface area contributed by atoms with Crippen molar-refractivity contribution in [3.05, 3.63) is 59.8 Å². The molecular weight excluding hydrogens is 362 g/mol. The second kappa shape index (κ2) is 6.88. The number of allylic oxidation sites excluding steroid dienone is 2. The van der Waals surface area contributed by atoms with Gasteiger partial charge in [0.05, 0.1) is 35.4 Å². The van der Waals surface area contributed by atoms with Crippen molar-refractivity contribution in [2.45, 2.75) is 19.9 Å². The molecule has 138 valence electrons. The summed E-state index contributed by atoms with van der Waals surface area (Å²) in [6.07, 6.45) is 9.07. The average Bonchev–Trinajstić information content (AvgIpc) is 3.25. The summed E-state index contributed by atoms with van der Waals surface area (Å²) in [6, 6.07) is 3.84. The van der Waals surface area contributed by atoms with Gasteiger partial charge in [0.15, 0.2) is 0 Å². The molecule has 0 spiro atoms. The molecule has 3 aromatic rings. The van der Waals surface area contributed by atoms with Crippen LogP contribution in [0.4, 0.5) is 0 Å². The van der Waals surface area contributed by atoms with Crippen LogP contribution in [-0.2, 0) is 0 Å². The van der Waals surface area contributed by atoms with Gasteiger partial charge in [-0.1, -0.05) is 0 Å². The highest BCUT2D eigenvalue weighted by Gasteiger charge is 2.20. The normalized spacial score (nSPS) is 16.5. The second-order valence-electron chi connectivity index (χ2n) is 6.29. The highest BCUT2D eigenvalue weighted by atomic mass is 32.1. The Labute approximate surface area is 160 Å². The first-order valence-corrected chi connectivity index (χ1v) is 9.31. The summed E-state index contributed by atoms with van der Waals surface area (Å²) in [6.45, 7) is 3.98. The van der Waals surface area contributed by atoms with Crippen LogP contribution in [0, 0.1) is 0 Å². The molecule has 2 N–H and O–H groups in total. The number of carbonyl (C=O) groups is 1. The molecule has 1 amide bonds. The molecule has 0 saturated carbocycles. The smallest absolute Gasteiger partial charge is 0.260 e. The number of nitrogens with zero attached hydrogens (tertiary/aromatic N) is 3. The van der Waals surface area contributed by atoms with Gasteiger partial charge >= 0.3 is 0 Å². The summed E-state index contributed by atoms with van der Waals surface area (Å²) in [7, 11) is 1.59. The predicted octanol–water partition coefficient (Wildman–Crippen LogP) is 2.98. The van der Waals surface area contributed by atoms with Crippen molar-refractivity contribution in [1.29, 1.82) is 0 Å². The molecule has 0 aromatic carbocycles. The Bertz CT molecular complexity index is 1080. The maximum Gasteiger partial charge on any atom is 0.260 e. The monoisotopic (exact) mass is 381 g/mol. The van der Waals surface area contributed by atoms with Gasteiger partial charge in [-0.25, -0.2) is 9.50 Å². The Morgan fingerprint density at radius 3 is 3.11 bits per heavy atom. The lowest BCUT2D eigenvalue weighted by Gasteiger charge is -2.21. The molecule has 1 aliphatic heterocycles. The number of aromatic nitrogens is 3. The number of thiazole rings is 1. The molecule has 27 heavy (non-hydrogen) atoms. The van der Waals surface area contributed by atoms with Crippen LogP contribution in [0.5, 0.6) is 5.88 Å². The largest absolute Gasteiger partial charge is 0.481 e. The topological polar surface area (TPSA) is 80.5 Å². The number of amides is 1. The van der Waals surface area contributed by atoms with E-state index in [9.17, 15) is 4.79 Å². The fourth-order valence-corrected chi connectivity index (χ4v) is 3.98. The Morgan fingerprint density at radius 2 is 2.30 bits per heavy atom. The van der Waals surface area contributed by atoms with Crippen molar-refractivity contribution in [3.63, 3.8) is 0 Å². The molecule has 1 aliphatic rings. The number of hydrogen-bond donors (Lipinski definition) is 2. The van der Waals surface area contributed by atoms with Crippen LogP contribution in [0.25, 0.3) is 15.3 Å². The Balaban J connectivity index is 1.66. The van der Waals surface area contributed by atoms with E-state index >= 15 is 0 Å². The number of ether oxygens (including phenoxy) is 1.